The van der Waals surface area contributed by atoms with Gasteiger partial charge in [0.05, 0.1) is 18.8 Å². The number of hydrogen-bond donors (Lipinski definition) is 0. The summed E-state index contributed by atoms with van der Waals surface area (Å²) in [7, 11) is 1.69. The second-order valence-electron chi connectivity index (χ2n) is 7.75. The van der Waals surface area contributed by atoms with Gasteiger partial charge in [0.1, 0.15) is 5.75 Å². The number of ether oxygens (including phenoxy) is 1. The summed E-state index contributed by atoms with van der Waals surface area (Å²) in [6.07, 6.45) is 7.39. The van der Waals surface area contributed by atoms with Gasteiger partial charge in [-0.25, -0.2) is 0 Å². The number of hydrogen-bond acceptors (Lipinski definition) is 3. The highest BCUT2D eigenvalue weighted by Gasteiger charge is 2.35. The first kappa shape index (κ1) is 18.0. The van der Waals surface area contributed by atoms with Crippen LogP contribution in [-0.4, -0.2) is 29.4 Å². The zero-order chi connectivity index (χ0) is 18.6. The highest BCUT2D eigenvalue weighted by molar-refractivity contribution is 5.79. The highest BCUT2D eigenvalue weighted by atomic mass is 16.5. The molecule has 4 nitrogen and oxygen atoms in total. The molecule has 1 atom stereocenters. The molecule has 1 aliphatic carbocycles. The van der Waals surface area contributed by atoms with E-state index in [0.717, 1.165) is 55.8 Å². The Balaban J connectivity index is 1.51. The number of benzene rings is 1. The molecule has 142 valence electrons. The van der Waals surface area contributed by atoms with Gasteiger partial charge in [0.25, 0.3) is 0 Å². The lowest BCUT2D eigenvalue weighted by molar-refractivity contribution is -0.136. The lowest BCUT2D eigenvalue weighted by atomic mass is 10.0. The van der Waals surface area contributed by atoms with Crippen molar-refractivity contribution in [3.63, 3.8) is 0 Å². The van der Waals surface area contributed by atoms with E-state index in [0.29, 0.717) is 5.91 Å². The second kappa shape index (κ2) is 8.12. The predicted octanol–water partition coefficient (Wildman–Crippen LogP) is 4.53. The van der Waals surface area contributed by atoms with Crippen LogP contribution in [0.3, 0.4) is 0 Å². The summed E-state index contributed by atoms with van der Waals surface area (Å²) < 4.78 is 5.32. The molecule has 1 aromatic heterocycles. The summed E-state index contributed by atoms with van der Waals surface area (Å²) in [5.74, 6) is 1.47. The molecule has 2 heterocycles. The zero-order valence-electron chi connectivity index (χ0n) is 16.1. The van der Waals surface area contributed by atoms with Crippen molar-refractivity contribution in [1.29, 1.82) is 0 Å². The van der Waals surface area contributed by atoms with Gasteiger partial charge in [-0.15, -0.1) is 0 Å². The topological polar surface area (TPSA) is 42.4 Å². The fourth-order valence-corrected chi connectivity index (χ4v) is 4.52. The Bertz CT molecular complexity index is 798. The smallest absolute Gasteiger partial charge is 0.226 e. The molecule has 1 aromatic carbocycles. The van der Waals surface area contributed by atoms with E-state index in [4.69, 9.17) is 9.72 Å². The van der Waals surface area contributed by atoms with Crippen molar-refractivity contribution in [3.05, 3.63) is 59.4 Å². The number of methoxy groups -OCH3 is 1. The number of aromatic nitrogens is 1. The van der Waals surface area contributed by atoms with Gasteiger partial charge in [-0.05, 0) is 55.5 Å². The summed E-state index contributed by atoms with van der Waals surface area (Å²) in [6.45, 7) is 0.877. The molecule has 4 rings (SSSR count). The summed E-state index contributed by atoms with van der Waals surface area (Å²) >= 11 is 0. The molecule has 1 unspecified atom stereocenters. The van der Waals surface area contributed by atoms with Crippen LogP contribution in [-0.2, 0) is 11.2 Å². The quantitative estimate of drug-likeness (QED) is 0.782. The van der Waals surface area contributed by atoms with Crippen LogP contribution in [0.15, 0.2) is 42.5 Å². The lowest BCUT2D eigenvalue weighted by Crippen LogP contribution is -2.35. The normalized spacial score (nSPS) is 20.2. The van der Waals surface area contributed by atoms with Gasteiger partial charge in [0.2, 0.25) is 5.91 Å². The molecule has 0 spiro atoms. The number of carbonyl (C=O) groups is 1. The Morgan fingerprint density at radius 1 is 1.11 bits per heavy atom. The minimum absolute atomic E-state index is 0.142. The van der Waals surface area contributed by atoms with Crippen molar-refractivity contribution < 1.29 is 9.53 Å². The van der Waals surface area contributed by atoms with E-state index in [1.165, 1.54) is 18.4 Å². The maximum Gasteiger partial charge on any atom is 0.226 e. The molecule has 1 amide bonds. The minimum Gasteiger partial charge on any atom is -0.497 e. The minimum atomic E-state index is 0.142. The maximum atomic E-state index is 13.0. The van der Waals surface area contributed by atoms with Gasteiger partial charge in [0, 0.05) is 24.6 Å². The molecule has 27 heavy (non-hydrogen) atoms. The largest absolute Gasteiger partial charge is 0.497 e. The lowest BCUT2D eigenvalue weighted by Gasteiger charge is -2.27. The van der Waals surface area contributed by atoms with Gasteiger partial charge in [-0.2, -0.15) is 0 Å². The zero-order valence-corrected chi connectivity index (χ0v) is 16.1. The van der Waals surface area contributed by atoms with Crippen LogP contribution in [0.1, 0.15) is 61.5 Å². The molecule has 2 aromatic rings. The maximum absolute atomic E-state index is 13.0. The van der Waals surface area contributed by atoms with E-state index in [1.54, 1.807) is 7.11 Å². The van der Waals surface area contributed by atoms with Crippen LogP contribution < -0.4 is 4.74 Å². The summed E-state index contributed by atoms with van der Waals surface area (Å²) in [4.78, 5) is 20.0. The van der Waals surface area contributed by atoms with Gasteiger partial charge in [-0.3, -0.25) is 9.78 Å². The van der Waals surface area contributed by atoms with E-state index < -0.39 is 0 Å². The third-order valence-corrected chi connectivity index (χ3v) is 5.93. The molecule has 0 bridgehead atoms. The summed E-state index contributed by atoms with van der Waals surface area (Å²) in [5, 5.41) is 0. The highest BCUT2D eigenvalue weighted by Crippen LogP contribution is 2.35. The number of likely N-dealkylation sites (tertiary alicyclic amines) is 1. The van der Waals surface area contributed by atoms with Crippen LogP contribution in [0.4, 0.5) is 0 Å². The molecular weight excluding hydrogens is 336 g/mol. The van der Waals surface area contributed by atoms with Crippen LogP contribution >= 0.6 is 0 Å². The van der Waals surface area contributed by atoms with Crippen molar-refractivity contribution in [2.45, 2.75) is 51.0 Å². The van der Waals surface area contributed by atoms with E-state index in [9.17, 15) is 4.79 Å². The van der Waals surface area contributed by atoms with E-state index in [-0.39, 0.29) is 12.0 Å². The van der Waals surface area contributed by atoms with Crippen molar-refractivity contribution in [2.75, 3.05) is 13.7 Å². The Hall–Kier alpha value is -2.36. The Morgan fingerprint density at radius 3 is 2.74 bits per heavy atom. The fraction of sp³-hybridized carbons (Fsp3) is 0.478. The first-order valence-corrected chi connectivity index (χ1v) is 10.1. The van der Waals surface area contributed by atoms with Crippen LogP contribution in [0.25, 0.3) is 0 Å². The predicted molar refractivity (Wildman–Crippen MR) is 106 cm³/mol. The van der Waals surface area contributed by atoms with Gasteiger partial charge in [0.15, 0.2) is 0 Å². The fourth-order valence-electron chi connectivity index (χ4n) is 4.52. The number of nitrogens with zero attached hydrogens (tertiary/aromatic N) is 2. The van der Waals surface area contributed by atoms with Crippen molar-refractivity contribution in [1.82, 2.24) is 9.88 Å². The SMILES string of the molecule is COc1cccc(Cc2cccc(C3CCCN3C(=O)C3CCCC3)n2)c1. The van der Waals surface area contributed by atoms with E-state index >= 15 is 0 Å². The summed E-state index contributed by atoms with van der Waals surface area (Å²) in [5.41, 5.74) is 3.27. The molecule has 2 aliphatic rings. The van der Waals surface area contributed by atoms with Crippen molar-refractivity contribution >= 4 is 5.91 Å². The molecule has 1 saturated carbocycles. The van der Waals surface area contributed by atoms with Crippen LogP contribution in [0, 0.1) is 5.92 Å². The second-order valence-corrected chi connectivity index (χ2v) is 7.75. The summed E-state index contributed by atoms with van der Waals surface area (Å²) in [6, 6.07) is 14.5. The molecule has 4 heteroatoms. The third kappa shape index (κ3) is 4.00. The van der Waals surface area contributed by atoms with Gasteiger partial charge < -0.3 is 9.64 Å². The van der Waals surface area contributed by atoms with Crippen LogP contribution in [0.2, 0.25) is 0 Å². The van der Waals surface area contributed by atoms with E-state index in [2.05, 4.69) is 35.2 Å². The van der Waals surface area contributed by atoms with Crippen LogP contribution in [0.5, 0.6) is 5.75 Å². The standard InChI is InChI=1S/C23H28N2O2/c1-27-20-11-4-7-17(16-20)15-19-10-5-12-21(24-19)22-13-6-14-25(22)23(26)18-8-2-3-9-18/h4-5,7,10-12,16,18,22H,2-3,6,8-9,13-15H2,1H3. The van der Waals surface area contributed by atoms with Gasteiger partial charge >= 0.3 is 0 Å². The molecule has 0 N–H and O–H groups in total. The Kier molecular flexibility index (Phi) is 5.42. The molecule has 1 aliphatic heterocycles. The average Bonchev–Trinajstić information content (AvgIpc) is 3.40. The number of amides is 1. The third-order valence-electron chi connectivity index (χ3n) is 5.93. The first-order chi connectivity index (χ1) is 13.2. The van der Waals surface area contributed by atoms with Crippen molar-refractivity contribution in [3.8, 4) is 5.75 Å². The van der Waals surface area contributed by atoms with Gasteiger partial charge in [-0.1, -0.05) is 31.0 Å². The monoisotopic (exact) mass is 364 g/mol. The number of carbonyl (C=O) groups excluding carboxylic acids is 1. The molecule has 2 fully saturated rings. The average molecular weight is 364 g/mol. The van der Waals surface area contributed by atoms with Crippen molar-refractivity contribution in [2.24, 2.45) is 5.92 Å². The van der Waals surface area contributed by atoms with E-state index in [1.807, 2.05) is 12.1 Å². The first-order valence-electron chi connectivity index (χ1n) is 10.1. The Labute approximate surface area is 161 Å². The Morgan fingerprint density at radius 2 is 1.93 bits per heavy atom. The molecule has 1 saturated heterocycles. The molecular formula is C23H28N2O2. The number of rotatable bonds is 5. The molecule has 0 radical (unpaired) electrons. The number of pyridine rings is 1.